The van der Waals surface area contributed by atoms with Crippen LogP contribution in [0.2, 0.25) is 0 Å². The lowest BCUT2D eigenvalue weighted by Gasteiger charge is -2.27. The quantitative estimate of drug-likeness (QED) is 0.167. The first-order valence-corrected chi connectivity index (χ1v) is 21.6. The Morgan fingerprint density at radius 2 is 0.661 bits per heavy atom. The number of anilines is 6. The van der Waals surface area contributed by atoms with Gasteiger partial charge in [-0.2, -0.15) is 0 Å². The molecule has 0 unspecified atom stereocenters. The summed E-state index contributed by atoms with van der Waals surface area (Å²) in [5, 5.41) is 10.1. The van der Waals surface area contributed by atoms with Crippen molar-refractivity contribution >= 4 is 110 Å². The summed E-state index contributed by atoms with van der Waals surface area (Å²) in [6, 6.07) is 67.7. The van der Waals surface area contributed by atoms with Crippen molar-refractivity contribution in [3.8, 4) is 0 Å². The van der Waals surface area contributed by atoms with Crippen LogP contribution in [0, 0.1) is 27.7 Å². The smallest absolute Gasteiger partial charge is 0.0641 e. The van der Waals surface area contributed by atoms with Gasteiger partial charge in [-0.1, -0.05) is 97.1 Å². The predicted octanol–water partition coefficient (Wildman–Crippen LogP) is 16.2. The summed E-state index contributed by atoms with van der Waals surface area (Å²) < 4.78 is 5.08. The Hall–Kier alpha value is -7.82. The molecule has 13 rings (SSSR count). The number of nitrogens with zero attached hydrogens (tertiary/aromatic N) is 4. The van der Waals surface area contributed by atoms with Gasteiger partial charge in [-0.05, 0) is 135 Å². The first-order valence-electron chi connectivity index (χ1n) is 21.6. The van der Waals surface area contributed by atoms with E-state index in [4.69, 9.17) is 0 Å². The monoisotopic (exact) mass is 794 g/mol. The number of rotatable bonds is 6. The molecule has 0 atom stereocenters. The van der Waals surface area contributed by atoms with Crippen molar-refractivity contribution in [2.45, 2.75) is 27.7 Å². The Balaban J connectivity index is 1.13. The summed E-state index contributed by atoms with van der Waals surface area (Å²) in [6.07, 6.45) is 0. The number of aryl methyl sites for hydroxylation is 4. The van der Waals surface area contributed by atoms with E-state index in [-0.39, 0.29) is 0 Å². The van der Waals surface area contributed by atoms with E-state index in [0.717, 1.165) is 22.7 Å². The fourth-order valence-electron chi connectivity index (χ4n) is 11.0. The third-order valence-electron chi connectivity index (χ3n) is 13.2. The van der Waals surface area contributed by atoms with Crippen LogP contribution in [-0.4, -0.2) is 8.80 Å². The minimum atomic E-state index is 1.14. The van der Waals surface area contributed by atoms with E-state index < -0.39 is 0 Å². The lowest BCUT2D eigenvalue weighted by Crippen LogP contribution is -2.10. The molecule has 0 radical (unpaired) electrons. The maximum Gasteiger partial charge on any atom is 0.0641 e. The number of hydrogen-bond acceptors (Lipinski definition) is 2. The summed E-state index contributed by atoms with van der Waals surface area (Å²) in [5.41, 5.74) is 19.4. The molecular weight excluding hydrogens is 753 g/mol. The first kappa shape index (κ1) is 35.0. The van der Waals surface area contributed by atoms with Gasteiger partial charge in [0.2, 0.25) is 0 Å². The van der Waals surface area contributed by atoms with Gasteiger partial charge in [-0.15, -0.1) is 0 Å². The minimum absolute atomic E-state index is 1.14. The average Bonchev–Trinajstić information content (AvgIpc) is 4.00. The maximum absolute atomic E-state index is 2.54. The van der Waals surface area contributed by atoms with Crippen molar-refractivity contribution in [1.29, 1.82) is 0 Å². The summed E-state index contributed by atoms with van der Waals surface area (Å²) in [4.78, 5) is 4.90. The molecule has 0 bridgehead atoms. The second kappa shape index (κ2) is 12.8. The van der Waals surface area contributed by atoms with Crippen LogP contribution in [0.15, 0.2) is 182 Å². The van der Waals surface area contributed by atoms with Gasteiger partial charge in [0.05, 0.1) is 44.5 Å². The lowest BCUT2D eigenvalue weighted by molar-refractivity contribution is 1.26. The van der Waals surface area contributed by atoms with Gasteiger partial charge in [-0.3, -0.25) is 0 Å². The molecule has 0 spiro atoms. The Kier molecular flexibility index (Phi) is 7.25. The summed E-state index contributed by atoms with van der Waals surface area (Å²) >= 11 is 0. The zero-order valence-corrected chi connectivity index (χ0v) is 35.1. The third kappa shape index (κ3) is 4.83. The zero-order valence-electron chi connectivity index (χ0n) is 35.1. The van der Waals surface area contributed by atoms with Gasteiger partial charge in [0.25, 0.3) is 0 Å². The topological polar surface area (TPSA) is 15.3 Å². The average molecular weight is 795 g/mol. The lowest BCUT2D eigenvalue weighted by atomic mass is 10.0. The van der Waals surface area contributed by atoms with E-state index in [0.29, 0.717) is 0 Å². The molecule has 13 aromatic rings. The molecule has 0 N–H and O–H groups in total. The predicted molar refractivity (Wildman–Crippen MR) is 264 cm³/mol. The molecule has 0 aliphatic rings. The molecule has 0 saturated heterocycles. The molecule has 4 nitrogen and oxygen atoms in total. The van der Waals surface area contributed by atoms with Gasteiger partial charge >= 0.3 is 0 Å². The van der Waals surface area contributed by atoms with Gasteiger partial charge in [-0.25, -0.2) is 0 Å². The summed E-state index contributed by atoms with van der Waals surface area (Å²) in [5.74, 6) is 0. The minimum Gasteiger partial charge on any atom is -0.310 e. The molecule has 0 aliphatic heterocycles. The Morgan fingerprint density at radius 3 is 1.06 bits per heavy atom. The van der Waals surface area contributed by atoms with E-state index in [1.807, 2.05) is 0 Å². The van der Waals surface area contributed by atoms with E-state index in [1.54, 1.807) is 0 Å². The van der Waals surface area contributed by atoms with Crippen LogP contribution in [0.1, 0.15) is 22.3 Å². The van der Waals surface area contributed by atoms with Crippen molar-refractivity contribution in [1.82, 2.24) is 8.80 Å². The van der Waals surface area contributed by atoms with Crippen LogP contribution >= 0.6 is 0 Å². The molecule has 9 aromatic carbocycles. The standard InChI is InChI=1S/C58H42N4/c1-35-27-36(2)30-41(29-35)59(39-15-7-5-8-16-39)51-25-23-43-47-33-54-48(34-53(47)61-49-21-13-11-19-45(49)55(51)57(43)61)44-24-26-52(56-46-20-12-14-22-50(46)62(54)58(44)56)60(40-17-9-6-10-18-40)42-31-37(3)28-38(4)32-42/h5-34H,1-4H3. The largest absolute Gasteiger partial charge is 0.310 e. The summed E-state index contributed by atoms with van der Waals surface area (Å²) in [7, 11) is 0. The molecule has 62 heavy (non-hydrogen) atoms. The van der Waals surface area contributed by atoms with Crippen LogP contribution < -0.4 is 9.80 Å². The van der Waals surface area contributed by atoms with E-state index in [2.05, 4.69) is 228 Å². The van der Waals surface area contributed by atoms with Gasteiger partial charge in [0.1, 0.15) is 0 Å². The third-order valence-corrected chi connectivity index (χ3v) is 13.2. The Labute approximate surface area is 359 Å². The van der Waals surface area contributed by atoms with Crippen molar-refractivity contribution < 1.29 is 0 Å². The number of para-hydroxylation sites is 4. The highest BCUT2D eigenvalue weighted by atomic mass is 15.2. The second-order valence-corrected chi connectivity index (χ2v) is 17.3. The van der Waals surface area contributed by atoms with Gasteiger partial charge in [0, 0.05) is 65.8 Å². The van der Waals surface area contributed by atoms with Crippen LogP contribution in [0.5, 0.6) is 0 Å². The number of hydrogen-bond donors (Lipinski definition) is 0. The fourth-order valence-corrected chi connectivity index (χ4v) is 11.0. The zero-order chi connectivity index (χ0) is 41.4. The van der Waals surface area contributed by atoms with Crippen molar-refractivity contribution in [2.24, 2.45) is 0 Å². The van der Waals surface area contributed by atoms with Crippen LogP contribution in [-0.2, 0) is 0 Å². The molecule has 4 aromatic heterocycles. The number of benzene rings is 9. The van der Waals surface area contributed by atoms with Gasteiger partial charge < -0.3 is 18.6 Å². The maximum atomic E-state index is 2.54. The molecule has 4 heteroatoms. The molecule has 0 saturated carbocycles. The van der Waals surface area contributed by atoms with Gasteiger partial charge in [0.15, 0.2) is 0 Å². The number of aromatic nitrogens is 2. The molecule has 4 heterocycles. The molecule has 0 fully saturated rings. The van der Waals surface area contributed by atoms with E-state index >= 15 is 0 Å². The SMILES string of the molecule is Cc1cc(C)cc(N(c2ccccc2)c2ccc3c4cc5c(cc4n4c6ccccc6c2c34)c2ccc(N(c3ccccc3)c3cc(C)cc(C)c3)c3c4ccccc4n5c23)c1. The highest BCUT2D eigenvalue weighted by Crippen LogP contribution is 2.51. The molecular formula is C58H42N4. The van der Waals surface area contributed by atoms with E-state index in [1.165, 1.54) is 110 Å². The Morgan fingerprint density at radius 1 is 0.290 bits per heavy atom. The normalized spacial score (nSPS) is 12.2. The number of fused-ring (bicyclic) bond motifs is 12. The summed E-state index contributed by atoms with van der Waals surface area (Å²) in [6.45, 7) is 8.77. The van der Waals surface area contributed by atoms with Crippen molar-refractivity contribution in [3.63, 3.8) is 0 Å². The van der Waals surface area contributed by atoms with Crippen molar-refractivity contribution in [3.05, 3.63) is 204 Å². The highest BCUT2D eigenvalue weighted by Gasteiger charge is 2.28. The highest BCUT2D eigenvalue weighted by molar-refractivity contribution is 6.32. The first-order chi connectivity index (χ1) is 30.4. The second-order valence-electron chi connectivity index (χ2n) is 17.3. The van der Waals surface area contributed by atoms with E-state index in [9.17, 15) is 0 Å². The fraction of sp³-hybridized carbons (Fsp3) is 0.0690. The van der Waals surface area contributed by atoms with Crippen LogP contribution in [0.4, 0.5) is 34.1 Å². The Bertz CT molecular complexity index is 3610. The van der Waals surface area contributed by atoms with Crippen molar-refractivity contribution in [2.75, 3.05) is 9.80 Å². The van der Waals surface area contributed by atoms with Crippen LogP contribution in [0.3, 0.4) is 0 Å². The molecule has 294 valence electrons. The van der Waals surface area contributed by atoms with Crippen LogP contribution in [0.25, 0.3) is 76.2 Å². The molecule has 0 amide bonds. The molecule has 0 aliphatic carbocycles.